The Labute approximate surface area is 118 Å². The highest BCUT2D eigenvalue weighted by Crippen LogP contribution is 2.27. The second kappa shape index (κ2) is 7.01. The molecule has 1 aromatic carbocycles. The van der Waals surface area contributed by atoms with Gasteiger partial charge in [0.05, 0.1) is 0 Å². The summed E-state index contributed by atoms with van der Waals surface area (Å²) in [6, 6.07) is 6.34. The summed E-state index contributed by atoms with van der Waals surface area (Å²) >= 11 is 0. The van der Waals surface area contributed by atoms with E-state index in [4.69, 9.17) is 4.74 Å². The Morgan fingerprint density at radius 2 is 2.10 bits per heavy atom. The monoisotopic (exact) mass is 274 g/mol. The Morgan fingerprint density at radius 3 is 2.90 bits per heavy atom. The van der Waals surface area contributed by atoms with Crippen LogP contribution in [-0.2, 0) is 6.54 Å². The standard InChI is InChI=1S/C16H19FN2O/c1-3-7-18-10-13-11-19-8-6-15(13)20-16-9-14(17)5-4-12(16)2/h4-6,8-9,11,18H,3,7,10H2,1-2H3. The molecule has 0 saturated carbocycles. The summed E-state index contributed by atoms with van der Waals surface area (Å²) < 4.78 is 19.1. The molecule has 2 rings (SSSR count). The molecule has 0 radical (unpaired) electrons. The van der Waals surface area contributed by atoms with Gasteiger partial charge in [0.2, 0.25) is 0 Å². The van der Waals surface area contributed by atoms with Gasteiger partial charge in [0, 0.05) is 30.6 Å². The number of ether oxygens (including phenoxy) is 1. The zero-order valence-corrected chi connectivity index (χ0v) is 11.8. The molecule has 0 aliphatic heterocycles. The van der Waals surface area contributed by atoms with Crippen molar-refractivity contribution in [3.05, 3.63) is 53.6 Å². The summed E-state index contributed by atoms with van der Waals surface area (Å²) in [4.78, 5) is 4.11. The van der Waals surface area contributed by atoms with E-state index in [-0.39, 0.29) is 5.82 Å². The molecular weight excluding hydrogens is 255 g/mol. The largest absolute Gasteiger partial charge is 0.457 e. The molecule has 3 nitrogen and oxygen atoms in total. The first-order chi connectivity index (χ1) is 9.70. The summed E-state index contributed by atoms with van der Waals surface area (Å²) in [6.45, 7) is 5.63. The molecule has 0 unspecified atom stereocenters. The number of benzene rings is 1. The highest BCUT2D eigenvalue weighted by Gasteiger charge is 2.07. The first-order valence-corrected chi connectivity index (χ1v) is 6.78. The van der Waals surface area contributed by atoms with E-state index < -0.39 is 0 Å². The zero-order chi connectivity index (χ0) is 14.4. The van der Waals surface area contributed by atoms with E-state index in [0.717, 1.165) is 24.1 Å². The molecule has 0 bridgehead atoms. The van der Waals surface area contributed by atoms with Crippen LogP contribution in [0.25, 0.3) is 0 Å². The van der Waals surface area contributed by atoms with E-state index in [1.807, 2.05) is 6.92 Å². The van der Waals surface area contributed by atoms with Gasteiger partial charge < -0.3 is 10.1 Å². The Hall–Kier alpha value is -1.94. The fraction of sp³-hybridized carbons (Fsp3) is 0.312. The molecule has 0 atom stereocenters. The molecule has 2 aromatic rings. The maximum Gasteiger partial charge on any atom is 0.135 e. The molecule has 1 heterocycles. The zero-order valence-electron chi connectivity index (χ0n) is 11.8. The number of halogens is 1. The molecule has 0 spiro atoms. The number of hydrogen-bond donors (Lipinski definition) is 1. The third-order valence-electron chi connectivity index (χ3n) is 2.97. The lowest BCUT2D eigenvalue weighted by Gasteiger charge is -2.13. The second-order valence-corrected chi connectivity index (χ2v) is 4.67. The third kappa shape index (κ3) is 3.78. The van der Waals surface area contributed by atoms with Crippen molar-refractivity contribution < 1.29 is 9.13 Å². The van der Waals surface area contributed by atoms with Gasteiger partial charge in [-0.3, -0.25) is 4.98 Å². The second-order valence-electron chi connectivity index (χ2n) is 4.67. The van der Waals surface area contributed by atoms with Crippen LogP contribution in [0.2, 0.25) is 0 Å². The smallest absolute Gasteiger partial charge is 0.135 e. The predicted molar refractivity (Wildman–Crippen MR) is 77.4 cm³/mol. The summed E-state index contributed by atoms with van der Waals surface area (Å²) in [5.41, 5.74) is 1.86. The van der Waals surface area contributed by atoms with Gasteiger partial charge in [-0.15, -0.1) is 0 Å². The van der Waals surface area contributed by atoms with E-state index in [9.17, 15) is 4.39 Å². The van der Waals surface area contributed by atoms with Crippen molar-refractivity contribution in [2.45, 2.75) is 26.8 Å². The van der Waals surface area contributed by atoms with Gasteiger partial charge >= 0.3 is 0 Å². The normalized spacial score (nSPS) is 10.6. The van der Waals surface area contributed by atoms with Crippen LogP contribution < -0.4 is 10.1 Å². The van der Waals surface area contributed by atoms with Crippen LogP contribution >= 0.6 is 0 Å². The Morgan fingerprint density at radius 1 is 1.25 bits per heavy atom. The van der Waals surface area contributed by atoms with E-state index in [0.29, 0.717) is 18.0 Å². The molecule has 1 N–H and O–H groups in total. The molecule has 0 aliphatic carbocycles. The fourth-order valence-electron chi connectivity index (χ4n) is 1.85. The van der Waals surface area contributed by atoms with Gasteiger partial charge in [-0.2, -0.15) is 0 Å². The quantitative estimate of drug-likeness (QED) is 0.813. The molecule has 0 aliphatic rings. The Balaban J connectivity index is 2.18. The van der Waals surface area contributed by atoms with Crippen LogP contribution in [0.3, 0.4) is 0 Å². The molecule has 0 amide bonds. The van der Waals surface area contributed by atoms with Gasteiger partial charge in [-0.25, -0.2) is 4.39 Å². The lowest BCUT2D eigenvalue weighted by molar-refractivity contribution is 0.463. The van der Waals surface area contributed by atoms with Gasteiger partial charge in [-0.1, -0.05) is 13.0 Å². The van der Waals surface area contributed by atoms with E-state index in [2.05, 4.69) is 17.2 Å². The molecule has 4 heteroatoms. The average molecular weight is 274 g/mol. The Kier molecular flexibility index (Phi) is 5.07. The summed E-state index contributed by atoms with van der Waals surface area (Å²) in [6.07, 6.45) is 4.51. The van der Waals surface area contributed by atoms with E-state index in [1.54, 1.807) is 24.5 Å². The van der Waals surface area contributed by atoms with Crippen LogP contribution in [0.5, 0.6) is 11.5 Å². The maximum absolute atomic E-state index is 13.3. The van der Waals surface area contributed by atoms with Crippen molar-refractivity contribution in [3.8, 4) is 11.5 Å². The van der Waals surface area contributed by atoms with E-state index in [1.165, 1.54) is 12.1 Å². The molecule has 0 fully saturated rings. The van der Waals surface area contributed by atoms with Crippen molar-refractivity contribution in [1.82, 2.24) is 10.3 Å². The minimum absolute atomic E-state index is 0.301. The minimum Gasteiger partial charge on any atom is -0.457 e. The lowest BCUT2D eigenvalue weighted by atomic mass is 10.2. The topological polar surface area (TPSA) is 34.2 Å². The summed E-state index contributed by atoms with van der Waals surface area (Å²) in [7, 11) is 0. The summed E-state index contributed by atoms with van der Waals surface area (Å²) in [5.74, 6) is 0.940. The van der Waals surface area contributed by atoms with Gasteiger partial charge in [0.1, 0.15) is 17.3 Å². The van der Waals surface area contributed by atoms with Crippen LogP contribution in [0.15, 0.2) is 36.7 Å². The molecular formula is C16H19FN2O. The SMILES string of the molecule is CCCNCc1cnccc1Oc1cc(F)ccc1C. The lowest BCUT2D eigenvalue weighted by Crippen LogP contribution is -2.14. The number of hydrogen-bond acceptors (Lipinski definition) is 3. The first-order valence-electron chi connectivity index (χ1n) is 6.78. The number of aromatic nitrogens is 1. The van der Waals surface area contributed by atoms with Crippen molar-refractivity contribution in [2.24, 2.45) is 0 Å². The van der Waals surface area contributed by atoms with Crippen LogP contribution in [0, 0.1) is 12.7 Å². The van der Waals surface area contributed by atoms with Crippen molar-refractivity contribution in [2.75, 3.05) is 6.54 Å². The van der Waals surface area contributed by atoms with Crippen molar-refractivity contribution in [3.63, 3.8) is 0 Å². The molecule has 0 saturated heterocycles. The van der Waals surface area contributed by atoms with Crippen molar-refractivity contribution >= 4 is 0 Å². The van der Waals surface area contributed by atoms with Gasteiger partial charge in [0.25, 0.3) is 0 Å². The number of rotatable bonds is 6. The van der Waals surface area contributed by atoms with Crippen LogP contribution in [-0.4, -0.2) is 11.5 Å². The molecule has 20 heavy (non-hydrogen) atoms. The van der Waals surface area contributed by atoms with E-state index >= 15 is 0 Å². The first kappa shape index (κ1) is 14.5. The third-order valence-corrected chi connectivity index (χ3v) is 2.97. The highest BCUT2D eigenvalue weighted by molar-refractivity contribution is 5.39. The number of nitrogens with zero attached hydrogens (tertiary/aromatic N) is 1. The number of aryl methyl sites for hydroxylation is 1. The van der Waals surface area contributed by atoms with Gasteiger partial charge in [0.15, 0.2) is 0 Å². The Bertz CT molecular complexity index is 572. The summed E-state index contributed by atoms with van der Waals surface area (Å²) in [5, 5.41) is 3.31. The number of pyridine rings is 1. The van der Waals surface area contributed by atoms with Gasteiger partial charge in [-0.05, 0) is 37.6 Å². The molecule has 1 aromatic heterocycles. The molecule has 106 valence electrons. The predicted octanol–water partition coefficient (Wildman–Crippen LogP) is 3.82. The fourth-order valence-corrected chi connectivity index (χ4v) is 1.85. The van der Waals surface area contributed by atoms with Crippen LogP contribution in [0.1, 0.15) is 24.5 Å². The van der Waals surface area contributed by atoms with Crippen molar-refractivity contribution in [1.29, 1.82) is 0 Å². The van der Waals surface area contributed by atoms with Crippen LogP contribution in [0.4, 0.5) is 4.39 Å². The average Bonchev–Trinajstić information content (AvgIpc) is 2.45. The number of nitrogens with one attached hydrogen (secondary N) is 1. The highest BCUT2D eigenvalue weighted by atomic mass is 19.1. The minimum atomic E-state index is -0.301. The maximum atomic E-state index is 13.3.